The van der Waals surface area contributed by atoms with Gasteiger partial charge in [-0.3, -0.25) is 9.80 Å². The number of halogens is 1. The van der Waals surface area contributed by atoms with Gasteiger partial charge < -0.3 is 4.52 Å². The van der Waals surface area contributed by atoms with E-state index >= 15 is 0 Å². The first-order chi connectivity index (χ1) is 10.7. The van der Waals surface area contributed by atoms with Crippen molar-refractivity contribution in [3.8, 4) is 23.6 Å². The minimum absolute atomic E-state index is 0.720. The van der Waals surface area contributed by atoms with Crippen LogP contribution in [-0.4, -0.2) is 47.7 Å². The second-order valence-corrected chi connectivity index (χ2v) is 5.88. The highest BCUT2D eigenvalue weighted by molar-refractivity contribution is 6.30. The van der Waals surface area contributed by atoms with Crippen LogP contribution in [0.15, 0.2) is 34.9 Å². The Morgan fingerprint density at radius 1 is 1.14 bits per heavy atom. The highest BCUT2D eigenvalue weighted by atomic mass is 35.5. The molecule has 1 aromatic heterocycles. The third-order valence-corrected chi connectivity index (χ3v) is 4.11. The van der Waals surface area contributed by atoms with Crippen LogP contribution in [-0.2, 0) is 6.54 Å². The Morgan fingerprint density at radius 3 is 2.50 bits per heavy atom. The second-order valence-electron chi connectivity index (χ2n) is 5.44. The molecule has 0 radical (unpaired) electrons. The van der Waals surface area contributed by atoms with Gasteiger partial charge in [0.25, 0.3) is 0 Å². The third-order valence-electron chi connectivity index (χ3n) is 3.86. The Hall–Kier alpha value is -1.80. The molecule has 2 heterocycles. The molecule has 1 aliphatic heterocycles. The predicted octanol–water partition coefficient (Wildman–Crippen LogP) is 2.75. The van der Waals surface area contributed by atoms with Crippen LogP contribution in [0.4, 0.5) is 0 Å². The topological polar surface area (TPSA) is 32.5 Å². The number of nitrogens with zero attached hydrogens (tertiary/aromatic N) is 3. The molecule has 0 amide bonds. The van der Waals surface area contributed by atoms with Crippen LogP contribution >= 0.6 is 11.6 Å². The van der Waals surface area contributed by atoms with Crippen molar-refractivity contribution in [2.45, 2.75) is 6.54 Å². The normalized spacial score (nSPS) is 16.5. The summed E-state index contributed by atoms with van der Waals surface area (Å²) in [4.78, 5) is 4.65. The van der Waals surface area contributed by atoms with Gasteiger partial charge in [-0.2, -0.15) is 0 Å². The van der Waals surface area contributed by atoms with Gasteiger partial charge in [-0.1, -0.05) is 34.8 Å². The van der Waals surface area contributed by atoms with Crippen molar-refractivity contribution in [2.24, 2.45) is 0 Å². The van der Waals surface area contributed by atoms with Gasteiger partial charge in [-0.15, -0.1) is 6.42 Å². The van der Waals surface area contributed by atoms with Gasteiger partial charge in [0.2, 0.25) is 0 Å². The van der Waals surface area contributed by atoms with E-state index in [4.69, 9.17) is 22.5 Å². The summed E-state index contributed by atoms with van der Waals surface area (Å²) in [6, 6.07) is 9.61. The fourth-order valence-corrected chi connectivity index (χ4v) is 2.73. The van der Waals surface area contributed by atoms with E-state index in [1.54, 1.807) is 0 Å². The van der Waals surface area contributed by atoms with Crippen molar-refractivity contribution in [3.05, 3.63) is 41.1 Å². The maximum atomic E-state index is 5.90. The third kappa shape index (κ3) is 3.69. The number of terminal acetylenes is 1. The van der Waals surface area contributed by atoms with Crippen LogP contribution < -0.4 is 0 Å². The number of hydrogen-bond acceptors (Lipinski definition) is 4. The molecule has 2 aromatic rings. The van der Waals surface area contributed by atoms with E-state index in [0.29, 0.717) is 0 Å². The van der Waals surface area contributed by atoms with Crippen LogP contribution in [0.5, 0.6) is 0 Å². The van der Waals surface area contributed by atoms with Crippen molar-refractivity contribution in [3.63, 3.8) is 0 Å². The van der Waals surface area contributed by atoms with Crippen molar-refractivity contribution in [1.29, 1.82) is 0 Å². The molecule has 0 aliphatic carbocycles. The fourth-order valence-electron chi connectivity index (χ4n) is 2.60. The maximum absolute atomic E-state index is 5.90. The van der Waals surface area contributed by atoms with E-state index < -0.39 is 0 Å². The molecule has 1 saturated heterocycles. The van der Waals surface area contributed by atoms with Crippen LogP contribution in [0.2, 0.25) is 5.02 Å². The summed E-state index contributed by atoms with van der Waals surface area (Å²) in [5.74, 6) is 3.58. The summed E-state index contributed by atoms with van der Waals surface area (Å²) in [5.41, 5.74) is 1.86. The first-order valence-corrected chi connectivity index (χ1v) is 7.72. The molecule has 0 bridgehead atoms. The van der Waals surface area contributed by atoms with Gasteiger partial charge >= 0.3 is 0 Å². The summed E-state index contributed by atoms with van der Waals surface area (Å²) in [6.07, 6.45) is 5.35. The molecule has 0 spiro atoms. The number of rotatable bonds is 4. The summed E-state index contributed by atoms with van der Waals surface area (Å²) >= 11 is 5.90. The van der Waals surface area contributed by atoms with E-state index in [1.165, 1.54) is 0 Å². The first-order valence-electron chi connectivity index (χ1n) is 7.34. The molecule has 0 N–H and O–H groups in total. The molecular formula is C17H18ClN3O. The van der Waals surface area contributed by atoms with Gasteiger partial charge in [0.1, 0.15) is 5.69 Å². The lowest BCUT2D eigenvalue weighted by molar-refractivity contribution is 0.128. The molecule has 1 fully saturated rings. The summed E-state index contributed by atoms with van der Waals surface area (Å²) in [7, 11) is 0. The average Bonchev–Trinajstić information content (AvgIpc) is 2.99. The van der Waals surface area contributed by atoms with Gasteiger partial charge in [-0.05, 0) is 12.1 Å². The first kappa shape index (κ1) is 15.1. The van der Waals surface area contributed by atoms with Gasteiger partial charge in [-0.25, -0.2) is 0 Å². The number of hydrogen-bond donors (Lipinski definition) is 0. The zero-order chi connectivity index (χ0) is 15.4. The van der Waals surface area contributed by atoms with Crippen LogP contribution in [0.3, 0.4) is 0 Å². The van der Waals surface area contributed by atoms with Gasteiger partial charge in [0.05, 0.1) is 13.1 Å². The monoisotopic (exact) mass is 315 g/mol. The van der Waals surface area contributed by atoms with E-state index in [0.717, 1.165) is 61.3 Å². The van der Waals surface area contributed by atoms with Crippen LogP contribution in [0.1, 0.15) is 5.76 Å². The molecule has 0 atom stereocenters. The molecule has 0 saturated carbocycles. The minimum atomic E-state index is 0.720. The van der Waals surface area contributed by atoms with E-state index in [-0.39, 0.29) is 0 Å². The smallest absolute Gasteiger partial charge is 0.151 e. The molecule has 5 heteroatoms. The Labute approximate surface area is 135 Å². The quantitative estimate of drug-likeness (QED) is 0.812. The highest BCUT2D eigenvalue weighted by Crippen LogP contribution is 2.22. The van der Waals surface area contributed by atoms with Crippen molar-refractivity contribution < 1.29 is 4.52 Å². The van der Waals surface area contributed by atoms with E-state index in [2.05, 4.69) is 20.9 Å². The van der Waals surface area contributed by atoms with E-state index in [1.807, 2.05) is 30.3 Å². The summed E-state index contributed by atoms with van der Waals surface area (Å²) in [5, 5.41) is 4.86. The molecule has 3 rings (SSSR count). The lowest BCUT2D eigenvalue weighted by atomic mass is 10.1. The van der Waals surface area contributed by atoms with Crippen LogP contribution in [0, 0.1) is 12.3 Å². The molecule has 114 valence electrons. The second kappa shape index (κ2) is 6.97. The molecule has 4 nitrogen and oxygen atoms in total. The Balaban J connectivity index is 1.58. The Bertz CT molecular complexity index is 651. The number of aromatic nitrogens is 1. The number of piperazine rings is 1. The van der Waals surface area contributed by atoms with Gasteiger partial charge in [0, 0.05) is 42.8 Å². The number of benzene rings is 1. The van der Waals surface area contributed by atoms with Gasteiger partial charge in [0.15, 0.2) is 5.76 Å². The van der Waals surface area contributed by atoms with E-state index in [9.17, 15) is 0 Å². The lowest BCUT2D eigenvalue weighted by Gasteiger charge is -2.32. The molecular weight excluding hydrogens is 298 g/mol. The molecule has 1 aromatic carbocycles. The maximum Gasteiger partial charge on any atom is 0.151 e. The Morgan fingerprint density at radius 2 is 1.82 bits per heavy atom. The largest absolute Gasteiger partial charge is 0.359 e. The predicted molar refractivity (Wildman–Crippen MR) is 87.5 cm³/mol. The zero-order valence-corrected chi connectivity index (χ0v) is 13.1. The lowest BCUT2D eigenvalue weighted by Crippen LogP contribution is -2.45. The molecule has 1 aliphatic rings. The summed E-state index contributed by atoms with van der Waals surface area (Å²) < 4.78 is 5.46. The molecule has 22 heavy (non-hydrogen) atoms. The van der Waals surface area contributed by atoms with Crippen LogP contribution in [0.25, 0.3) is 11.3 Å². The fraction of sp³-hybridized carbons (Fsp3) is 0.353. The standard InChI is InChI=1S/C17H18ClN3O/c1-2-7-20-8-10-21(11-9-20)13-16-12-17(19-22-16)14-3-5-15(18)6-4-14/h1,3-6,12H,7-11,13H2. The zero-order valence-electron chi connectivity index (χ0n) is 12.3. The minimum Gasteiger partial charge on any atom is -0.359 e. The van der Waals surface area contributed by atoms with Crippen molar-refractivity contribution in [1.82, 2.24) is 15.0 Å². The SMILES string of the molecule is C#CCN1CCN(Cc2cc(-c3ccc(Cl)cc3)no2)CC1. The average molecular weight is 316 g/mol. The van der Waals surface area contributed by atoms with Crippen molar-refractivity contribution >= 4 is 11.6 Å². The molecule has 0 unspecified atom stereocenters. The highest BCUT2D eigenvalue weighted by Gasteiger charge is 2.18. The Kier molecular flexibility index (Phi) is 4.79. The summed E-state index contributed by atoms with van der Waals surface area (Å²) in [6.45, 7) is 5.52. The van der Waals surface area contributed by atoms with Crippen molar-refractivity contribution in [2.75, 3.05) is 32.7 Å².